The van der Waals surface area contributed by atoms with Crippen LogP contribution in [-0.2, 0) is 17.8 Å². The molecule has 2 atom stereocenters. The average Bonchev–Trinajstić information content (AvgIpc) is 3.15. The minimum atomic E-state index is -0.340. The maximum atomic E-state index is 10.0. The van der Waals surface area contributed by atoms with Crippen molar-refractivity contribution in [3.63, 3.8) is 0 Å². The first-order valence-electron chi connectivity index (χ1n) is 8.54. The van der Waals surface area contributed by atoms with E-state index in [0.29, 0.717) is 13.2 Å². The van der Waals surface area contributed by atoms with Gasteiger partial charge >= 0.3 is 0 Å². The summed E-state index contributed by atoms with van der Waals surface area (Å²) in [6.45, 7) is 8.75. The lowest BCUT2D eigenvalue weighted by atomic mass is 10.1. The van der Waals surface area contributed by atoms with Crippen LogP contribution in [0.1, 0.15) is 36.6 Å². The monoisotopic (exact) mass is 324 g/mol. The molecule has 4 nitrogen and oxygen atoms in total. The Balaban J connectivity index is 1.55. The van der Waals surface area contributed by atoms with Crippen molar-refractivity contribution in [1.29, 1.82) is 0 Å². The maximum absolute atomic E-state index is 10.0. The first-order chi connectivity index (χ1) is 10.8. The van der Waals surface area contributed by atoms with Crippen LogP contribution < -0.4 is 0 Å². The molecule has 0 unspecified atom stereocenters. The van der Waals surface area contributed by atoms with E-state index in [9.17, 15) is 5.11 Å². The Labute approximate surface area is 137 Å². The summed E-state index contributed by atoms with van der Waals surface area (Å²) in [4.78, 5) is 6.31. The third kappa shape index (κ3) is 4.09. The second-order valence-corrected chi connectivity index (χ2v) is 7.49. The van der Waals surface area contributed by atoms with Crippen molar-refractivity contribution in [2.75, 3.05) is 32.8 Å². The second kappa shape index (κ2) is 7.88. The molecule has 2 saturated heterocycles. The summed E-state index contributed by atoms with van der Waals surface area (Å²) in [5, 5.41) is 12.3. The fourth-order valence-electron chi connectivity index (χ4n) is 3.51. The summed E-state index contributed by atoms with van der Waals surface area (Å²) >= 11 is 1.85. The molecule has 2 fully saturated rings. The van der Waals surface area contributed by atoms with Crippen LogP contribution in [0.4, 0.5) is 0 Å². The molecule has 0 amide bonds. The van der Waals surface area contributed by atoms with Gasteiger partial charge in [0.1, 0.15) is 0 Å². The smallest absolute Gasteiger partial charge is 0.0950 e. The van der Waals surface area contributed by atoms with Crippen molar-refractivity contribution in [2.24, 2.45) is 0 Å². The number of thiophene rings is 1. The summed E-state index contributed by atoms with van der Waals surface area (Å²) in [5.41, 5.74) is 1.45. The van der Waals surface area contributed by atoms with Gasteiger partial charge in [-0.3, -0.25) is 9.80 Å². The number of piperidine rings is 1. The van der Waals surface area contributed by atoms with Gasteiger partial charge in [-0.15, -0.1) is 11.3 Å². The van der Waals surface area contributed by atoms with Crippen LogP contribution in [-0.4, -0.2) is 59.9 Å². The number of rotatable bonds is 6. The number of likely N-dealkylation sites (tertiary alicyclic amines) is 1. The molecule has 22 heavy (non-hydrogen) atoms. The average molecular weight is 324 g/mol. The minimum absolute atomic E-state index is 0.151. The number of hydrogen-bond donors (Lipinski definition) is 1. The summed E-state index contributed by atoms with van der Waals surface area (Å²) in [5.74, 6) is 0. The molecule has 2 aliphatic rings. The fourth-order valence-corrected chi connectivity index (χ4v) is 4.42. The van der Waals surface area contributed by atoms with Crippen LogP contribution in [0.25, 0.3) is 0 Å². The number of hydrogen-bond acceptors (Lipinski definition) is 5. The zero-order valence-electron chi connectivity index (χ0n) is 13.5. The van der Waals surface area contributed by atoms with Gasteiger partial charge in [-0.05, 0) is 49.5 Å². The topological polar surface area (TPSA) is 35.9 Å². The molecule has 3 heterocycles. The van der Waals surface area contributed by atoms with Crippen LogP contribution >= 0.6 is 11.3 Å². The molecular formula is C17H28N2O2S. The first kappa shape index (κ1) is 16.4. The fraction of sp³-hybridized carbons (Fsp3) is 0.765. The van der Waals surface area contributed by atoms with E-state index < -0.39 is 0 Å². The first-order valence-corrected chi connectivity index (χ1v) is 9.42. The number of ether oxygens (including phenoxy) is 1. The van der Waals surface area contributed by atoms with E-state index in [-0.39, 0.29) is 12.1 Å². The maximum Gasteiger partial charge on any atom is 0.0950 e. The van der Waals surface area contributed by atoms with E-state index in [1.807, 2.05) is 11.3 Å². The molecule has 1 N–H and O–H groups in total. The van der Waals surface area contributed by atoms with Gasteiger partial charge in [-0.25, -0.2) is 0 Å². The van der Waals surface area contributed by atoms with Crippen LogP contribution in [0.2, 0.25) is 0 Å². The van der Waals surface area contributed by atoms with Crippen molar-refractivity contribution in [3.8, 4) is 0 Å². The highest BCUT2D eigenvalue weighted by Crippen LogP contribution is 2.22. The molecular weight excluding hydrogens is 296 g/mol. The van der Waals surface area contributed by atoms with E-state index in [2.05, 4.69) is 28.2 Å². The molecule has 1 aromatic heterocycles. The molecule has 0 radical (unpaired) electrons. The van der Waals surface area contributed by atoms with Crippen LogP contribution in [0.5, 0.6) is 0 Å². The summed E-state index contributed by atoms with van der Waals surface area (Å²) < 4.78 is 5.40. The molecule has 0 spiro atoms. The Morgan fingerprint density at radius 2 is 2.14 bits per heavy atom. The van der Waals surface area contributed by atoms with Gasteiger partial charge in [0.2, 0.25) is 0 Å². The van der Waals surface area contributed by atoms with Gasteiger partial charge < -0.3 is 9.84 Å². The number of nitrogens with zero attached hydrogens (tertiary/aromatic N) is 2. The Morgan fingerprint density at radius 1 is 1.32 bits per heavy atom. The molecule has 3 rings (SSSR count). The van der Waals surface area contributed by atoms with Crippen molar-refractivity contribution in [1.82, 2.24) is 9.80 Å². The van der Waals surface area contributed by atoms with E-state index >= 15 is 0 Å². The van der Waals surface area contributed by atoms with Crippen molar-refractivity contribution >= 4 is 11.3 Å². The molecule has 124 valence electrons. The van der Waals surface area contributed by atoms with Crippen molar-refractivity contribution in [3.05, 3.63) is 21.9 Å². The molecule has 0 aliphatic carbocycles. The highest BCUT2D eigenvalue weighted by Gasteiger charge is 2.31. The SMILES string of the molecule is CCN(Cc1cc(CN2CCCCC2)cs1)[C@@H]1COC[C@H]1O. The van der Waals surface area contributed by atoms with Gasteiger partial charge in [0.15, 0.2) is 0 Å². The van der Waals surface area contributed by atoms with E-state index in [1.165, 1.54) is 42.8 Å². The van der Waals surface area contributed by atoms with Gasteiger partial charge in [0.25, 0.3) is 0 Å². The summed E-state index contributed by atoms with van der Waals surface area (Å²) in [6, 6.07) is 2.50. The summed E-state index contributed by atoms with van der Waals surface area (Å²) in [6.07, 6.45) is 3.75. The standard InChI is InChI=1S/C17H28N2O2S/c1-2-19(16-11-21-12-17(16)20)10-15-8-14(13-22-15)9-18-6-4-3-5-7-18/h8,13,16-17,20H,2-7,9-12H2,1H3/t16-,17-/m1/s1. The minimum Gasteiger partial charge on any atom is -0.389 e. The van der Waals surface area contributed by atoms with Gasteiger partial charge in [0.05, 0.1) is 25.4 Å². The third-order valence-electron chi connectivity index (χ3n) is 4.82. The number of aliphatic hydroxyl groups is 1. The summed E-state index contributed by atoms with van der Waals surface area (Å²) in [7, 11) is 0. The molecule has 5 heteroatoms. The van der Waals surface area contributed by atoms with Gasteiger partial charge in [-0.1, -0.05) is 13.3 Å². The lowest BCUT2D eigenvalue weighted by Gasteiger charge is -2.28. The molecule has 0 aromatic carbocycles. The lowest BCUT2D eigenvalue weighted by Crippen LogP contribution is -2.42. The third-order valence-corrected chi connectivity index (χ3v) is 5.79. The quantitative estimate of drug-likeness (QED) is 0.871. The zero-order chi connectivity index (χ0) is 15.4. The lowest BCUT2D eigenvalue weighted by molar-refractivity contribution is 0.0814. The van der Waals surface area contributed by atoms with E-state index in [0.717, 1.165) is 19.6 Å². The predicted molar refractivity (Wildman–Crippen MR) is 90.1 cm³/mol. The Morgan fingerprint density at radius 3 is 2.82 bits per heavy atom. The van der Waals surface area contributed by atoms with Crippen molar-refractivity contribution < 1.29 is 9.84 Å². The van der Waals surface area contributed by atoms with E-state index in [1.54, 1.807) is 0 Å². The van der Waals surface area contributed by atoms with Gasteiger partial charge in [0, 0.05) is 18.0 Å². The van der Waals surface area contributed by atoms with Crippen LogP contribution in [0, 0.1) is 0 Å². The largest absolute Gasteiger partial charge is 0.389 e. The zero-order valence-corrected chi connectivity index (χ0v) is 14.4. The number of aliphatic hydroxyl groups excluding tert-OH is 1. The Hall–Kier alpha value is -0.460. The molecule has 1 aromatic rings. The molecule has 0 bridgehead atoms. The molecule has 0 saturated carbocycles. The highest BCUT2D eigenvalue weighted by molar-refractivity contribution is 7.10. The van der Waals surface area contributed by atoms with Crippen LogP contribution in [0.15, 0.2) is 11.4 Å². The predicted octanol–water partition coefficient (Wildman–Crippen LogP) is 2.32. The Bertz CT molecular complexity index is 459. The van der Waals surface area contributed by atoms with Crippen LogP contribution in [0.3, 0.4) is 0 Å². The number of likely N-dealkylation sites (N-methyl/N-ethyl adjacent to an activating group) is 1. The van der Waals surface area contributed by atoms with Gasteiger partial charge in [-0.2, -0.15) is 0 Å². The normalized spacial score (nSPS) is 26.9. The second-order valence-electron chi connectivity index (χ2n) is 6.49. The Kier molecular flexibility index (Phi) is 5.88. The highest BCUT2D eigenvalue weighted by atomic mass is 32.1. The van der Waals surface area contributed by atoms with E-state index in [4.69, 9.17) is 4.74 Å². The van der Waals surface area contributed by atoms with Crippen molar-refractivity contribution in [2.45, 2.75) is 51.4 Å². The molecule has 2 aliphatic heterocycles.